The van der Waals surface area contributed by atoms with E-state index in [2.05, 4.69) is 15.3 Å². The molecule has 1 heterocycles. The van der Waals surface area contributed by atoms with Crippen molar-refractivity contribution < 1.29 is 19.4 Å². The number of nitrogens with zero attached hydrogens (tertiary/aromatic N) is 1. The lowest BCUT2D eigenvalue weighted by Crippen LogP contribution is -2.43. The number of esters is 1. The first-order chi connectivity index (χ1) is 14.0. The molecule has 0 saturated carbocycles. The van der Waals surface area contributed by atoms with Crippen molar-refractivity contribution in [2.75, 3.05) is 7.11 Å². The second-order valence-corrected chi connectivity index (χ2v) is 6.54. The minimum absolute atomic E-state index is 0.0460. The first-order valence-corrected chi connectivity index (χ1v) is 9.09. The van der Waals surface area contributed by atoms with Gasteiger partial charge in [0.2, 0.25) is 5.91 Å². The van der Waals surface area contributed by atoms with Gasteiger partial charge in [-0.25, -0.2) is 9.78 Å². The summed E-state index contributed by atoms with van der Waals surface area (Å²) in [4.78, 5) is 43.5. The number of methoxy groups -OCH3 is 1. The van der Waals surface area contributed by atoms with Crippen molar-refractivity contribution in [3.8, 4) is 5.75 Å². The monoisotopic (exact) mass is 395 g/mol. The summed E-state index contributed by atoms with van der Waals surface area (Å²) in [6, 6.07) is 12.5. The number of aromatic hydroxyl groups is 1. The van der Waals surface area contributed by atoms with Crippen molar-refractivity contribution in [3.63, 3.8) is 0 Å². The van der Waals surface area contributed by atoms with Crippen LogP contribution in [-0.2, 0) is 27.2 Å². The molecule has 8 nitrogen and oxygen atoms in total. The van der Waals surface area contributed by atoms with Gasteiger partial charge in [-0.05, 0) is 29.8 Å². The highest BCUT2D eigenvalue weighted by molar-refractivity contribution is 5.84. The molecule has 1 amide bonds. The van der Waals surface area contributed by atoms with E-state index in [4.69, 9.17) is 4.74 Å². The van der Waals surface area contributed by atoms with Crippen molar-refractivity contribution in [2.45, 2.75) is 25.3 Å². The molecule has 150 valence electrons. The number of carbonyl (C=O) groups is 2. The highest BCUT2D eigenvalue weighted by Crippen LogP contribution is 2.12. The molecule has 0 spiro atoms. The molecule has 0 fully saturated rings. The molecule has 0 bridgehead atoms. The molecule has 1 aromatic heterocycles. The number of fused-ring (bicyclic) bond motifs is 1. The number of ether oxygens (including phenoxy) is 1. The van der Waals surface area contributed by atoms with Crippen LogP contribution in [0.1, 0.15) is 17.8 Å². The Morgan fingerprint density at radius 3 is 2.62 bits per heavy atom. The summed E-state index contributed by atoms with van der Waals surface area (Å²) in [7, 11) is 1.25. The first-order valence-electron chi connectivity index (χ1n) is 9.09. The van der Waals surface area contributed by atoms with Crippen molar-refractivity contribution >= 4 is 22.8 Å². The quantitative estimate of drug-likeness (QED) is 0.521. The van der Waals surface area contributed by atoms with E-state index in [1.54, 1.807) is 36.4 Å². The largest absolute Gasteiger partial charge is 0.508 e. The molecule has 0 aliphatic heterocycles. The fourth-order valence-corrected chi connectivity index (χ4v) is 2.95. The third-order valence-electron chi connectivity index (χ3n) is 4.45. The number of hydrogen-bond donors (Lipinski definition) is 3. The van der Waals surface area contributed by atoms with E-state index in [-0.39, 0.29) is 36.5 Å². The number of H-pyrrole nitrogens is 1. The molecule has 8 heteroatoms. The number of benzene rings is 2. The van der Waals surface area contributed by atoms with E-state index in [0.717, 1.165) is 5.56 Å². The van der Waals surface area contributed by atoms with Gasteiger partial charge in [0.1, 0.15) is 17.6 Å². The lowest BCUT2D eigenvalue weighted by molar-refractivity contribution is -0.145. The molecule has 2 aromatic carbocycles. The van der Waals surface area contributed by atoms with Crippen LogP contribution in [0, 0.1) is 0 Å². The predicted octanol–water partition coefficient (Wildman–Crippen LogP) is 1.46. The maximum Gasteiger partial charge on any atom is 0.328 e. The number of para-hydroxylation sites is 1. The smallest absolute Gasteiger partial charge is 0.328 e. The third kappa shape index (κ3) is 5.19. The molecule has 3 rings (SSSR count). The average Bonchev–Trinajstić information content (AvgIpc) is 2.73. The zero-order valence-corrected chi connectivity index (χ0v) is 15.8. The molecule has 3 N–H and O–H groups in total. The Balaban J connectivity index is 1.64. The summed E-state index contributed by atoms with van der Waals surface area (Å²) in [6.07, 6.45) is 0.493. The topological polar surface area (TPSA) is 121 Å². The van der Waals surface area contributed by atoms with Crippen LogP contribution in [0.5, 0.6) is 5.75 Å². The molecule has 0 aliphatic rings. The second kappa shape index (κ2) is 9.01. The predicted molar refractivity (Wildman–Crippen MR) is 106 cm³/mol. The van der Waals surface area contributed by atoms with Crippen LogP contribution in [0.25, 0.3) is 10.9 Å². The Hall–Kier alpha value is -3.68. The van der Waals surface area contributed by atoms with Gasteiger partial charge in [0, 0.05) is 19.3 Å². The molecular weight excluding hydrogens is 374 g/mol. The summed E-state index contributed by atoms with van der Waals surface area (Å²) in [5.74, 6) is -0.417. The zero-order chi connectivity index (χ0) is 20.8. The molecule has 3 aromatic rings. The summed E-state index contributed by atoms with van der Waals surface area (Å²) in [5.41, 5.74) is 1.07. The van der Waals surface area contributed by atoms with E-state index in [0.29, 0.717) is 16.7 Å². The van der Waals surface area contributed by atoms with Gasteiger partial charge in [0.05, 0.1) is 18.0 Å². The van der Waals surface area contributed by atoms with Crippen LogP contribution in [0.2, 0.25) is 0 Å². The van der Waals surface area contributed by atoms with Crippen molar-refractivity contribution in [1.29, 1.82) is 0 Å². The SMILES string of the molecule is COC(=O)[C@@H](Cc1ccc(O)cc1)NC(=O)CCc1nc2ccccc2c(=O)[nH]1. The van der Waals surface area contributed by atoms with Crippen molar-refractivity contribution in [1.82, 2.24) is 15.3 Å². The number of aromatic nitrogens is 2. The lowest BCUT2D eigenvalue weighted by Gasteiger charge is -2.16. The van der Waals surface area contributed by atoms with Crippen LogP contribution in [0.4, 0.5) is 0 Å². The number of phenols is 1. The van der Waals surface area contributed by atoms with Crippen LogP contribution in [-0.4, -0.2) is 40.1 Å². The summed E-state index contributed by atoms with van der Waals surface area (Å²) in [6.45, 7) is 0. The minimum Gasteiger partial charge on any atom is -0.508 e. The summed E-state index contributed by atoms with van der Waals surface area (Å²) < 4.78 is 4.77. The Labute approximate surface area is 166 Å². The summed E-state index contributed by atoms with van der Waals surface area (Å²) in [5, 5.41) is 12.5. The molecule has 0 radical (unpaired) electrons. The number of nitrogens with one attached hydrogen (secondary N) is 2. The van der Waals surface area contributed by atoms with E-state index in [9.17, 15) is 19.5 Å². The fourth-order valence-electron chi connectivity index (χ4n) is 2.95. The highest BCUT2D eigenvalue weighted by Gasteiger charge is 2.22. The van der Waals surface area contributed by atoms with Gasteiger partial charge in [-0.15, -0.1) is 0 Å². The van der Waals surface area contributed by atoms with Crippen LogP contribution >= 0.6 is 0 Å². The lowest BCUT2D eigenvalue weighted by atomic mass is 10.1. The van der Waals surface area contributed by atoms with Gasteiger partial charge in [-0.3, -0.25) is 9.59 Å². The van der Waals surface area contributed by atoms with Crippen molar-refractivity contribution in [3.05, 3.63) is 70.3 Å². The Bertz CT molecular complexity index is 1080. The number of phenolic OH excluding ortho intramolecular Hbond substituents is 1. The number of aryl methyl sites for hydroxylation is 1. The van der Waals surface area contributed by atoms with Crippen LogP contribution in [0.15, 0.2) is 53.3 Å². The van der Waals surface area contributed by atoms with E-state index >= 15 is 0 Å². The molecule has 29 heavy (non-hydrogen) atoms. The average molecular weight is 395 g/mol. The van der Waals surface area contributed by atoms with Crippen molar-refractivity contribution in [2.24, 2.45) is 0 Å². The third-order valence-corrected chi connectivity index (χ3v) is 4.45. The number of hydrogen-bond acceptors (Lipinski definition) is 6. The van der Waals surface area contributed by atoms with E-state index in [1.807, 2.05) is 0 Å². The maximum atomic E-state index is 12.4. The van der Waals surface area contributed by atoms with Crippen LogP contribution < -0.4 is 10.9 Å². The van der Waals surface area contributed by atoms with E-state index in [1.165, 1.54) is 19.2 Å². The molecule has 0 saturated heterocycles. The number of carbonyl (C=O) groups excluding carboxylic acids is 2. The Morgan fingerprint density at radius 2 is 1.90 bits per heavy atom. The van der Waals surface area contributed by atoms with Gasteiger partial charge >= 0.3 is 5.97 Å². The van der Waals surface area contributed by atoms with Gasteiger partial charge in [-0.2, -0.15) is 0 Å². The number of amides is 1. The van der Waals surface area contributed by atoms with Crippen LogP contribution in [0.3, 0.4) is 0 Å². The maximum absolute atomic E-state index is 12.4. The highest BCUT2D eigenvalue weighted by atomic mass is 16.5. The van der Waals surface area contributed by atoms with Gasteiger partial charge in [-0.1, -0.05) is 24.3 Å². The number of aromatic amines is 1. The Kier molecular flexibility index (Phi) is 6.23. The molecule has 0 aliphatic carbocycles. The first kappa shape index (κ1) is 20.1. The molecule has 1 atom stereocenters. The fraction of sp³-hybridized carbons (Fsp3) is 0.238. The standard InChI is InChI=1S/C21H21N3O5/c1-29-21(28)17(12-13-6-8-14(25)9-7-13)23-19(26)11-10-18-22-16-5-3-2-4-15(16)20(27)24-18/h2-9,17,25H,10-12H2,1H3,(H,23,26)(H,22,24,27)/t17-/m1/s1. The molecular formula is C21H21N3O5. The normalized spacial score (nSPS) is 11.8. The number of rotatable bonds is 7. The van der Waals surface area contributed by atoms with Gasteiger partial charge < -0.3 is 20.1 Å². The Morgan fingerprint density at radius 1 is 1.17 bits per heavy atom. The van der Waals surface area contributed by atoms with E-state index < -0.39 is 12.0 Å². The minimum atomic E-state index is -0.861. The summed E-state index contributed by atoms with van der Waals surface area (Å²) >= 11 is 0. The van der Waals surface area contributed by atoms with Gasteiger partial charge in [0.25, 0.3) is 5.56 Å². The second-order valence-electron chi connectivity index (χ2n) is 6.54. The molecule has 0 unspecified atom stereocenters. The zero-order valence-electron chi connectivity index (χ0n) is 15.8. The van der Waals surface area contributed by atoms with Gasteiger partial charge in [0.15, 0.2) is 0 Å².